The van der Waals surface area contributed by atoms with Crippen LogP contribution in [0.2, 0.25) is 25.2 Å². The standard InChI is InChI=1S/C16H22O2Si/c1-12(19(3,4)5)16-11-10-15(2,17-18-16)13-8-6-7-9-14(13)16/h6-12H,1-5H3/t12-,15+,16+/m1/s1. The van der Waals surface area contributed by atoms with Gasteiger partial charge in [-0.3, -0.25) is 0 Å². The Bertz CT molecular complexity index is 546. The van der Waals surface area contributed by atoms with E-state index in [0.717, 1.165) is 0 Å². The van der Waals surface area contributed by atoms with Gasteiger partial charge in [-0.15, -0.1) is 0 Å². The van der Waals surface area contributed by atoms with Crippen molar-refractivity contribution in [3.05, 3.63) is 47.5 Å². The molecule has 2 bridgehead atoms. The molecule has 1 aromatic rings. The average molecular weight is 274 g/mol. The molecule has 0 saturated heterocycles. The number of benzene rings is 1. The molecule has 0 saturated carbocycles. The van der Waals surface area contributed by atoms with Gasteiger partial charge in [0.1, 0.15) is 11.2 Å². The predicted octanol–water partition coefficient (Wildman–Crippen LogP) is 4.36. The summed E-state index contributed by atoms with van der Waals surface area (Å²) in [5, 5.41) is 0. The SMILES string of the molecule is C[C@H]([C@]12C=C[C@](C)(OO1)c1ccccc12)[Si](C)(C)C. The summed E-state index contributed by atoms with van der Waals surface area (Å²) in [5.41, 5.74) is 2.13. The molecular formula is C16H22O2Si. The molecule has 0 fully saturated rings. The first kappa shape index (κ1) is 13.1. The Labute approximate surface area is 116 Å². The van der Waals surface area contributed by atoms with E-state index in [1.54, 1.807) is 0 Å². The van der Waals surface area contributed by atoms with Crippen molar-refractivity contribution in [2.75, 3.05) is 0 Å². The molecule has 1 aromatic carbocycles. The molecule has 0 amide bonds. The molecule has 102 valence electrons. The molecule has 2 nitrogen and oxygen atoms in total. The maximum atomic E-state index is 5.93. The van der Waals surface area contributed by atoms with Gasteiger partial charge in [-0.2, -0.15) is 0 Å². The molecule has 0 unspecified atom stereocenters. The normalized spacial score (nSPS) is 34.2. The number of hydrogen-bond acceptors (Lipinski definition) is 2. The Morgan fingerprint density at radius 3 is 2.16 bits per heavy atom. The summed E-state index contributed by atoms with van der Waals surface area (Å²) in [6, 6.07) is 8.52. The molecule has 0 N–H and O–H groups in total. The van der Waals surface area contributed by atoms with Crippen molar-refractivity contribution >= 4 is 8.07 Å². The molecule has 2 heterocycles. The zero-order valence-electron chi connectivity index (χ0n) is 12.4. The van der Waals surface area contributed by atoms with E-state index < -0.39 is 19.3 Å². The molecule has 1 aliphatic carbocycles. The third-order valence-corrected chi connectivity index (χ3v) is 7.85. The molecule has 4 rings (SSSR count). The highest BCUT2D eigenvalue weighted by Gasteiger charge is 2.54. The van der Waals surface area contributed by atoms with Crippen molar-refractivity contribution in [2.24, 2.45) is 0 Å². The van der Waals surface area contributed by atoms with Crippen LogP contribution in [0.4, 0.5) is 0 Å². The molecule has 0 aromatic heterocycles. The molecule has 3 atom stereocenters. The number of rotatable bonds is 2. The van der Waals surface area contributed by atoms with Crippen LogP contribution in [0.1, 0.15) is 25.0 Å². The maximum Gasteiger partial charge on any atom is 0.147 e. The van der Waals surface area contributed by atoms with Gasteiger partial charge in [0.2, 0.25) is 0 Å². The van der Waals surface area contributed by atoms with Gasteiger partial charge in [-0.25, -0.2) is 9.78 Å². The largest absolute Gasteiger partial charge is 0.220 e. The molecule has 2 aliphatic heterocycles. The quantitative estimate of drug-likeness (QED) is 0.453. The maximum absolute atomic E-state index is 5.93. The highest BCUT2D eigenvalue weighted by atomic mass is 28.3. The molecule has 0 spiro atoms. The van der Waals surface area contributed by atoms with Gasteiger partial charge in [0.25, 0.3) is 0 Å². The summed E-state index contributed by atoms with van der Waals surface area (Å²) < 4.78 is 0. The summed E-state index contributed by atoms with van der Waals surface area (Å²) in [4.78, 5) is 11.7. The van der Waals surface area contributed by atoms with E-state index in [4.69, 9.17) is 9.78 Å². The molecular weight excluding hydrogens is 252 g/mol. The van der Waals surface area contributed by atoms with E-state index in [0.29, 0.717) is 5.54 Å². The number of hydrogen-bond donors (Lipinski definition) is 0. The zero-order chi connectivity index (χ0) is 13.9. The van der Waals surface area contributed by atoms with Crippen LogP contribution >= 0.6 is 0 Å². The minimum Gasteiger partial charge on any atom is -0.220 e. The van der Waals surface area contributed by atoms with Gasteiger partial charge < -0.3 is 0 Å². The van der Waals surface area contributed by atoms with Crippen LogP contribution in [0.25, 0.3) is 0 Å². The fourth-order valence-corrected chi connectivity index (χ4v) is 4.70. The van der Waals surface area contributed by atoms with Gasteiger partial charge in [0.15, 0.2) is 0 Å². The molecule has 0 radical (unpaired) electrons. The third-order valence-electron chi connectivity index (χ3n) is 4.83. The second-order valence-corrected chi connectivity index (χ2v) is 12.6. The minimum atomic E-state index is -1.37. The van der Waals surface area contributed by atoms with Gasteiger partial charge in [-0.05, 0) is 35.7 Å². The van der Waals surface area contributed by atoms with Crippen LogP contribution in [0.5, 0.6) is 0 Å². The van der Waals surface area contributed by atoms with Gasteiger partial charge in [-0.1, -0.05) is 50.8 Å². The lowest BCUT2D eigenvalue weighted by molar-refractivity contribution is -0.419. The Hall–Kier alpha value is -0.903. The van der Waals surface area contributed by atoms with Crippen molar-refractivity contribution in [1.82, 2.24) is 0 Å². The Morgan fingerprint density at radius 2 is 1.63 bits per heavy atom. The second-order valence-electron chi connectivity index (χ2n) is 7.03. The molecule has 3 heteroatoms. The first-order chi connectivity index (χ1) is 8.80. The minimum absolute atomic E-state index is 0.404. The first-order valence-electron chi connectivity index (χ1n) is 6.97. The summed E-state index contributed by atoms with van der Waals surface area (Å²) in [7, 11) is -1.37. The fraction of sp³-hybridized carbons (Fsp3) is 0.500. The van der Waals surface area contributed by atoms with E-state index in [1.165, 1.54) is 11.1 Å². The summed E-state index contributed by atoms with van der Waals surface area (Å²) in [6.07, 6.45) is 4.39. The molecule has 19 heavy (non-hydrogen) atoms. The predicted molar refractivity (Wildman–Crippen MR) is 79.6 cm³/mol. The first-order valence-corrected chi connectivity index (χ1v) is 10.5. The summed E-state index contributed by atoms with van der Waals surface area (Å²) in [6.45, 7) is 11.5. The van der Waals surface area contributed by atoms with Crippen LogP contribution < -0.4 is 0 Å². The van der Waals surface area contributed by atoms with Gasteiger partial charge in [0.05, 0.1) is 8.07 Å². The smallest absolute Gasteiger partial charge is 0.147 e. The van der Waals surface area contributed by atoms with Crippen molar-refractivity contribution in [2.45, 2.75) is 50.2 Å². The highest BCUT2D eigenvalue weighted by Crippen LogP contribution is 2.55. The van der Waals surface area contributed by atoms with Crippen molar-refractivity contribution < 1.29 is 9.78 Å². The summed E-state index contributed by atoms with van der Waals surface area (Å²) >= 11 is 0. The average Bonchev–Trinajstić information content (AvgIpc) is 2.38. The van der Waals surface area contributed by atoms with Crippen LogP contribution in [0.15, 0.2) is 36.4 Å². The van der Waals surface area contributed by atoms with Gasteiger partial charge in [0, 0.05) is 0 Å². The van der Waals surface area contributed by atoms with Crippen LogP contribution in [0.3, 0.4) is 0 Å². The zero-order valence-corrected chi connectivity index (χ0v) is 13.4. The lowest BCUT2D eigenvalue weighted by Gasteiger charge is -2.51. The third kappa shape index (κ3) is 1.68. The van der Waals surface area contributed by atoms with Crippen molar-refractivity contribution in [1.29, 1.82) is 0 Å². The Morgan fingerprint density at radius 1 is 1.00 bits per heavy atom. The second kappa shape index (κ2) is 3.81. The molecule has 3 aliphatic rings. The van der Waals surface area contributed by atoms with Crippen LogP contribution in [0, 0.1) is 0 Å². The van der Waals surface area contributed by atoms with Crippen molar-refractivity contribution in [3.8, 4) is 0 Å². The summed E-state index contributed by atoms with van der Waals surface area (Å²) in [5.74, 6) is 0. The lowest BCUT2D eigenvalue weighted by Crippen LogP contribution is -2.52. The lowest BCUT2D eigenvalue weighted by atomic mass is 9.75. The van der Waals surface area contributed by atoms with Crippen LogP contribution in [-0.2, 0) is 21.0 Å². The fourth-order valence-electron chi connectivity index (χ4n) is 3.11. The number of fused-ring (bicyclic) bond motifs is 1. The topological polar surface area (TPSA) is 18.5 Å². The van der Waals surface area contributed by atoms with Crippen LogP contribution in [-0.4, -0.2) is 8.07 Å². The van der Waals surface area contributed by atoms with E-state index in [-0.39, 0.29) is 0 Å². The van der Waals surface area contributed by atoms with E-state index in [9.17, 15) is 0 Å². The van der Waals surface area contributed by atoms with E-state index in [1.807, 2.05) is 0 Å². The Kier molecular flexibility index (Phi) is 2.63. The monoisotopic (exact) mass is 274 g/mol. The van der Waals surface area contributed by atoms with E-state index >= 15 is 0 Å². The Balaban J connectivity index is 2.21. The van der Waals surface area contributed by atoms with E-state index in [2.05, 4.69) is 69.9 Å². The van der Waals surface area contributed by atoms with Gasteiger partial charge >= 0.3 is 0 Å². The van der Waals surface area contributed by atoms with Crippen molar-refractivity contribution in [3.63, 3.8) is 0 Å². The highest BCUT2D eigenvalue weighted by molar-refractivity contribution is 6.77.